The average molecular weight is 480 g/mol. The largest absolute Gasteiger partial charge is 0.363 e. The molecular formula is C26H33N5O2S. The van der Waals surface area contributed by atoms with Gasteiger partial charge in [-0.15, -0.1) is 0 Å². The molecule has 0 saturated carbocycles. The van der Waals surface area contributed by atoms with Crippen molar-refractivity contribution in [1.29, 1.82) is 0 Å². The summed E-state index contributed by atoms with van der Waals surface area (Å²) in [4.78, 5) is 27.3. The fourth-order valence-electron chi connectivity index (χ4n) is 5.26. The Labute approximate surface area is 205 Å². The summed E-state index contributed by atoms with van der Waals surface area (Å²) >= 11 is 1.52. The summed E-state index contributed by atoms with van der Waals surface area (Å²) in [5, 5.41) is 4.80. The molecule has 1 unspecified atom stereocenters. The van der Waals surface area contributed by atoms with Crippen molar-refractivity contribution in [2.75, 3.05) is 43.0 Å². The third kappa shape index (κ3) is 4.80. The van der Waals surface area contributed by atoms with Crippen molar-refractivity contribution < 1.29 is 9.53 Å². The average Bonchev–Trinajstić information content (AvgIpc) is 3.50. The number of ether oxygens (including phenoxy) is 1. The first-order valence-electron chi connectivity index (χ1n) is 12.4. The van der Waals surface area contributed by atoms with Crippen LogP contribution in [0, 0.1) is 5.92 Å². The monoisotopic (exact) mass is 479 g/mol. The lowest BCUT2D eigenvalue weighted by molar-refractivity contribution is -0.114. The van der Waals surface area contributed by atoms with E-state index in [1.165, 1.54) is 31.1 Å². The number of likely N-dealkylation sites (tertiary alicyclic amines) is 1. The number of hydrogen-bond donors (Lipinski definition) is 1. The number of hydrogen-bond acceptors (Lipinski definition) is 7. The maximum atomic E-state index is 11.9. The molecule has 0 radical (unpaired) electrons. The van der Waals surface area contributed by atoms with Crippen molar-refractivity contribution >= 4 is 38.4 Å². The zero-order valence-electron chi connectivity index (χ0n) is 20.0. The van der Waals surface area contributed by atoms with Gasteiger partial charge < -0.3 is 15.0 Å². The number of thiophene rings is 1. The molecule has 1 N–H and O–H groups in total. The molecule has 2 fully saturated rings. The Kier molecular flexibility index (Phi) is 7.08. The lowest BCUT2D eigenvalue weighted by Crippen LogP contribution is -2.46. The molecule has 7 nitrogen and oxygen atoms in total. The molecule has 5 rings (SSSR count). The van der Waals surface area contributed by atoms with Gasteiger partial charge in [0.1, 0.15) is 16.1 Å². The van der Waals surface area contributed by atoms with Crippen LogP contribution in [0.2, 0.25) is 0 Å². The van der Waals surface area contributed by atoms with Gasteiger partial charge in [-0.1, -0.05) is 41.7 Å². The Bertz CT molecular complexity index is 1120. The van der Waals surface area contributed by atoms with Crippen molar-refractivity contribution in [2.45, 2.75) is 45.8 Å². The van der Waals surface area contributed by atoms with Crippen LogP contribution in [0.4, 0.5) is 10.9 Å². The second kappa shape index (κ2) is 10.4. The van der Waals surface area contributed by atoms with Crippen LogP contribution < -0.4 is 10.2 Å². The molecule has 8 heteroatoms. The first kappa shape index (κ1) is 23.2. The van der Waals surface area contributed by atoms with Gasteiger partial charge in [-0.3, -0.25) is 9.69 Å². The van der Waals surface area contributed by atoms with E-state index in [2.05, 4.69) is 34.2 Å². The quantitative estimate of drug-likeness (QED) is 0.515. The van der Waals surface area contributed by atoms with Crippen LogP contribution in [0.3, 0.4) is 0 Å². The molecular weight excluding hydrogens is 446 g/mol. The Morgan fingerprint density at radius 2 is 1.91 bits per heavy atom. The van der Waals surface area contributed by atoms with Gasteiger partial charge in [0, 0.05) is 62.8 Å². The Balaban J connectivity index is 1.36. The number of fused-ring (bicyclic) bond motifs is 1. The number of aromatic nitrogens is 2. The molecule has 0 bridgehead atoms. The summed E-state index contributed by atoms with van der Waals surface area (Å²) in [6, 6.07) is 10.1. The minimum absolute atomic E-state index is 0.0825. The molecule has 180 valence electrons. The molecule has 0 aliphatic carbocycles. The van der Waals surface area contributed by atoms with Crippen molar-refractivity contribution in [3.63, 3.8) is 0 Å². The van der Waals surface area contributed by atoms with E-state index in [0.29, 0.717) is 5.92 Å². The first-order chi connectivity index (χ1) is 16.6. The first-order valence-corrected chi connectivity index (χ1v) is 13.2. The topological polar surface area (TPSA) is 70.6 Å². The minimum atomic E-state index is -0.0825. The number of carbonyl (C=O) groups excluding carboxylic acids is 1. The van der Waals surface area contributed by atoms with E-state index >= 15 is 0 Å². The summed E-state index contributed by atoms with van der Waals surface area (Å²) in [7, 11) is 0. The second-order valence-corrected chi connectivity index (χ2v) is 10.2. The van der Waals surface area contributed by atoms with Crippen LogP contribution in [-0.2, 0) is 9.53 Å². The standard InChI is InChI=1S/C26H33N5O2S/c1-3-33-25(30-13-7-8-14-30)20-11-15-31(16-12-20)26-27-17-21-22(19-9-5-4-6-10-19)24(28-18(2)32)34-23(21)29-26/h4-6,9-10,17,20,25H,3,7-8,11-16H2,1-2H3,(H,28,32). The van der Waals surface area contributed by atoms with Gasteiger partial charge in [-0.2, -0.15) is 0 Å². The number of benzene rings is 1. The molecule has 1 amide bonds. The van der Waals surface area contributed by atoms with Crippen LogP contribution >= 0.6 is 11.3 Å². The van der Waals surface area contributed by atoms with E-state index in [4.69, 9.17) is 14.7 Å². The smallest absolute Gasteiger partial charge is 0.226 e. The van der Waals surface area contributed by atoms with E-state index in [1.54, 1.807) is 0 Å². The second-order valence-electron chi connectivity index (χ2n) is 9.16. The molecule has 1 aromatic carbocycles. The fraction of sp³-hybridized carbons (Fsp3) is 0.500. The van der Waals surface area contributed by atoms with Crippen molar-refractivity contribution in [3.8, 4) is 11.1 Å². The summed E-state index contributed by atoms with van der Waals surface area (Å²) in [6.45, 7) is 8.58. The van der Waals surface area contributed by atoms with Crippen molar-refractivity contribution in [3.05, 3.63) is 36.5 Å². The number of nitrogens with zero attached hydrogens (tertiary/aromatic N) is 4. The minimum Gasteiger partial charge on any atom is -0.363 e. The molecule has 3 aromatic rings. The maximum absolute atomic E-state index is 11.9. The molecule has 4 heterocycles. The van der Waals surface area contributed by atoms with Gasteiger partial charge in [0.05, 0.1) is 0 Å². The van der Waals surface area contributed by atoms with Crippen molar-refractivity contribution in [1.82, 2.24) is 14.9 Å². The zero-order chi connectivity index (χ0) is 23.5. The van der Waals surface area contributed by atoms with E-state index in [9.17, 15) is 4.79 Å². The van der Waals surface area contributed by atoms with E-state index in [1.807, 2.05) is 24.4 Å². The van der Waals surface area contributed by atoms with Gasteiger partial charge in [0.2, 0.25) is 11.9 Å². The number of anilines is 2. The van der Waals surface area contributed by atoms with Gasteiger partial charge in [0.25, 0.3) is 0 Å². The van der Waals surface area contributed by atoms with Crippen LogP contribution in [0.5, 0.6) is 0 Å². The molecule has 2 aromatic heterocycles. The number of nitrogens with one attached hydrogen (secondary N) is 1. The Hall–Kier alpha value is -2.55. The molecule has 34 heavy (non-hydrogen) atoms. The number of carbonyl (C=O) groups is 1. The zero-order valence-corrected chi connectivity index (χ0v) is 20.8. The van der Waals surface area contributed by atoms with E-state index in [-0.39, 0.29) is 12.1 Å². The maximum Gasteiger partial charge on any atom is 0.226 e. The number of piperidine rings is 1. The fourth-order valence-corrected chi connectivity index (χ4v) is 6.37. The highest BCUT2D eigenvalue weighted by Crippen LogP contribution is 2.42. The summed E-state index contributed by atoms with van der Waals surface area (Å²) in [6.07, 6.45) is 6.88. The lowest BCUT2D eigenvalue weighted by atomic mass is 9.94. The molecule has 1 atom stereocenters. The lowest BCUT2D eigenvalue weighted by Gasteiger charge is -2.39. The molecule has 2 aliphatic rings. The number of amides is 1. The highest BCUT2D eigenvalue weighted by atomic mass is 32.1. The van der Waals surface area contributed by atoms with Crippen LogP contribution in [0.15, 0.2) is 36.5 Å². The predicted octanol–water partition coefficient (Wildman–Crippen LogP) is 4.99. The SMILES string of the molecule is CCOC(C1CCN(c2ncc3c(-c4ccccc4)c(NC(C)=O)sc3n2)CC1)N1CCCC1. The predicted molar refractivity (Wildman–Crippen MR) is 138 cm³/mol. The number of rotatable bonds is 7. The normalized spacial score (nSPS) is 18.5. The van der Waals surface area contributed by atoms with Gasteiger partial charge >= 0.3 is 0 Å². The Morgan fingerprint density at radius 1 is 1.18 bits per heavy atom. The van der Waals surface area contributed by atoms with Gasteiger partial charge in [-0.05, 0) is 38.2 Å². The molecule has 2 aliphatic heterocycles. The van der Waals surface area contributed by atoms with Crippen LogP contribution in [0.25, 0.3) is 21.3 Å². The van der Waals surface area contributed by atoms with E-state index in [0.717, 1.165) is 77.9 Å². The Morgan fingerprint density at radius 3 is 2.59 bits per heavy atom. The summed E-state index contributed by atoms with van der Waals surface area (Å²) in [5.41, 5.74) is 2.05. The third-order valence-corrected chi connectivity index (χ3v) is 7.87. The highest BCUT2D eigenvalue weighted by Gasteiger charge is 2.33. The highest BCUT2D eigenvalue weighted by molar-refractivity contribution is 7.23. The van der Waals surface area contributed by atoms with Gasteiger partial charge in [0.15, 0.2) is 0 Å². The van der Waals surface area contributed by atoms with Crippen molar-refractivity contribution in [2.24, 2.45) is 5.92 Å². The van der Waals surface area contributed by atoms with E-state index < -0.39 is 0 Å². The summed E-state index contributed by atoms with van der Waals surface area (Å²) < 4.78 is 6.20. The molecule has 0 spiro atoms. The van der Waals surface area contributed by atoms with Gasteiger partial charge in [-0.25, -0.2) is 9.97 Å². The van der Waals surface area contributed by atoms with Crippen LogP contribution in [0.1, 0.15) is 39.5 Å². The molecule has 2 saturated heterocycles. The third-order valence-electron chi connectivity index (χ3n) is 6.85. The van der Waals surface area contributed by atoms with Crippen LogP contribution in [-0.4, -0.2) is 59.8 Å². The summed E-state index contributed by atoms with van der Waals surface area (Å²) in [5.74, 6) is 1.24.